The van der Waals surface area contributed by atoms with Crippen LogP contribution in [0, 0.1) is 11.6 Å². The van der Waals surface area contributed by atoms with E-state index < -0.39 is 17.7 Å². The zero-order valence-corrected chi connectivity index (χ0v) is 13.2. The highest BCUT2D eigenvalue weighted by Gasteiger charge is 2.13. The summed E-state index contributed by atoms with van der Waals surface area (Å²) in [6.45, 7) is 2.66. The molecule has 5 heteroatoms. The first-order chi connectivity index (χ1) is 10.0. The van der Waals surface area contributed by atoms with Gasteiger partial charge in [0.2, 0.25) is 0 Å². The second kappa shape index (κ2) is 7.00. The highest BCUT2D eigenvalue weighted by molar-refractivity contribution is 9.10. The van der Waals surface area contributed by atoms with Crippen LogP contribution < -0.4 is 10.5 Å². The van der Waals surface area contributed by atoms with E-state index in [0.717, 1.165) is 34.3 Å². The second-order valence-corrected chi connectivity index (χ2v) is 5.54. The van der Waals surface area contributed by atoms with Crippen LogP contribution in [0.1, 0.15) is 30.5 Å². The van der Waals surface area contributed by atoms with Crippen LogP contribution in [-0.4, -0.2) is 6.61 Å². The average molecular weight is 356 g/mol. The van der Waals surface area contributed by atoms with Crippen molar-refractivity contribution in [2.45, 2.75) is 19.4 Å². The molecule has 2 rings (SSSR count). The van der Waals surface area contributed by atoms with Gasteiger partial charge in [0.15, 0.2) is 11.6 Å². The average Bonchev–Trinajstić information content (AvgIpc) is 2.48. The monoisotopic (exact) mass is 355 g/mol. The van der Waals surface area contributed by atoms with E-state index in [2.05, 4.69) is 15.9 Å². The summed E-state index contributed by atoms with van der Waals surface area (Å²) in [5.41, 5.74) is 7.41. The molecule has 0 aliphatic rings. The van der Waals surface area contributed by atoms with Crippen molar-refractivity contribution < 1.29 is 13.5 Å². The van der Waals surface area contributed by atoms with Crippen molar-refractivity contribution >= 4 is 15.9 Å². The fourth-order valence-electron chi connectivity index (χ4n) is 1.94. The van der Waals surface area contributed by atoms with E-state index in [1.54, 1.807) is 0 Å². The van der Waals surface area contributed by atoms with Gasteiger partial charge in [-0.1, -0.05) is 19.1 Å². The van der Waals surface area contributed by atoms with Crippen LogP contribution in [0.25, 0.3) is 0 Å². The molecule has 0 fully saturated rings. The molecular formula is C16H16BrF2NO. The van der Waals surface area contributed by atoms with Crippen LogP contribution in [0.5, 0.6) is 5.75 Å². The summed E-state index contributed by atoms with van der Waals surface area (Å²) in [5, 5.41) is 0. The van der Waals surface area contributed by atoms with Crippen LogP contribution in [0.3, 0.4) is 0 Å². The Kier molecular flexibility index (Phi) is 5.31. The molecule has 2 aromatic carbocycles. The van der Waals surface area contributed by atoms with Gasteiger partial charge in [-0.15, -0.1) is 0 Å². The lowest BCUT2D eigenvalue weighted by Crippen LogP contribution is -2.12. The predicted octanol–water partition coefficient (Wildman–Crippen LogP) is 4.56. The number of ether oxygens (including phenoxy) is 1. The van der Waals surface area contributed by atoms with Gasteiger partial charge in [-0.25, -0.2) is 8.78 Å². The summed E-state index contributed by atoms with van der Waals surface area (Å²) in [5.74, 6) is -1.04. The lowest BCUT2D eigenvalue weighted by Gasteiger charge is -2.15. The molecule has 0 aliphatic carbocycles. The predicted molar refractivity (Wildman–Crippen MR) is 82.3 cm³/mol. The summed E-state index contributed by atoms with van der Waals surface area (Å²) < 4.78 is 32.6. The van der Waals surface area contributed by atoms with Crippen molar-refractivity contribution in [2.75, 3.05) is 6.61 Å². The first-order valence-electron chi connectivity index (χ1n) is 6.65. The van der Waals surface area contributed by atoms with Gasteiger partial charge in [0, 0.05) is 0 Å². The Labute approximate surface area is 131 Å². The van der Waals surface area contributed by atoms with E-state index in [9.17, 15) is 8.78 Å². The molecule has 2 N–H and O–H groups in total. The van der Waals surface area contributed by atoms with E-state index in [1.165, 1.54) is 6.07 Å². The topological polar surface area (TPSA) is 35.2 Å². The van der Waals surface area contributed by atoms with Crippen molar-refractivity contribution in [3.63, 3.8) is 0 Å². The van der Waals surface area contributed by atoms with Crippen LogP contribution in [0.2, 0.25) is 0 Å². The van der Waals surface area contributed by atoms with Crippen molar-refractivity contribution in [3.8, 4) is 5.75 Å². The highest BCUT2D eigenvalue weighted by Crippen LogP contribution is 2.30. The molecule has 0 heterocycles. The number of rotatable bonds is 5. The third-order valence-corrected chi connectivity index (χ3v) is 3.70. The maximum atomic E-state index is 13.3. The Morgan fingerprint density at radius 1 is 1.10 bits per heavy atom. The highest BCUT2D eigenvalue weighted by atomic mass is 79.9. The van der Waals surface area contributed by atoms with Crippen LogP contribution in [0.4, 0.5) is 8.78 Å². The zero-order valence-electron chi connectivity index (χ0n) is 11.6. The summed E-state index contributed by atoms with van der Waals surface area (Å²) in [7, 11) is 0. The summed E-state index contributed by atoms with van der Waals surface area (Å²) in [6, 6.07) is 8.62. The number of hydrogen-bond acceptors (Lipinski definition) is 2. The molecule has 0 spiro atoms. The van der Waals surface area contributed by atoms with Gasteiger partial charge in [-0.2, -0.15) is 0 Å². The summed E-state index contributed by atoms with van der Waals surface area (Å²) in [4.78, 5) is 0. The van der Waals surface area contributed by atoms with Crippen LogP contribution >= 0.6 is 15.9 Å². The smallest absolute Gasteiger partial charge is 0.159 e. The van der Waals surface area contributed by atoms with E-state index in [4.69, 9.17) is 10.5 Å². The van der Waals surface area contributed by atoms with Crippen molar-refractivity contribution in [2.24, 2.45) is 5.73 Å². The lowest BCUT2D eigenvalue weighted by atomic mass is 9.99. The van der Waals surface area contributed by atoms with Crippen molar-refractivity contribution in [3.05, 3.63) is 63.6 Å². The molecule has 0 aromatic heterocycles. The SMILES string of the molecule is CCCOc1ccc(C(N)c2ccc(F)c(F)c2)cc1Br. The quantitative estimate of drug-likeness (QED) is 0.852. The van der Waals surface area contributed by atoms with Gasteiger partial charge in [-0.05, 0) is 57.7 Å². The lowest BCUT2D eigenvalue weighted by molar-refractivity contribution is 0.315. The standard InChI is InChI=1S/C16H16BrF2NO/c1-2-7-21-15-6-4-10(8-12(15)17)16(20)11-3-5-13(18)14(19)9-11/h3-6,8-9,16H,2,7,20H2,1H3. The molecular weight excluding hydrogens is 340 g/mol. The van der Waals surface area contributed by atoms with Gasteiger partial charge < -0.3 is 10.5 Å². The molecule has 0 amide bonds. The molecule has 2 nitrogen and oxygen atoms in total. The summed E-state index contributed by atoms with van der Waals surface area (Å²) >= 11 is 3.43. The van der Waals surface area contributed by atoms with E-state index >= 15 is 0 Å². The largest absolute Gasteiger partial charge is 0.492 e. The molecule has 21 heavy (non-hydrogen) atoms. The molecule has 1 atom stereocenters. The Morgan fingerprint density at radius 3 is 2.38 bits per heavy atom. The fourth-order valence-corrected chi connectivity index (χ4v) is 2.45. The third kappa shape index (κ3) is 3.80. The van der Waals surface area contributed by atoms with E-state index in [0.29, 0.717) is 12.2 Å². The maximum absolute atomic E-state index is 13.3. The number of nitrogens with two attached hydrogens (primary N) is 1. The van der Waals surface area contributed by atoms with Gasteiger partial charge in [-0.3, -0.25) is 0 Å². The van der Waals surface area contributed by atoms with Crippen LogP contribution in [0.15, 0.2) is 40.9 Å². The Hall–Kier alpha value is -1.46. The second-order valence-electron chi connectivity index (χ2n) is 4.69. The number of halogens is 3. The van der Waals surface area contributed by atoms with Gasteiger partial charge in [0.25, 0.3) is 0 Å². The maximum Gasteiger partial charge on any atom is 0.159 e. The van der Waals surface area contributed by atoms with Crippen molar-refractivity contribution in [1.29, 1.82) is 0 Å². The minimum Gasteiger partial charge on any atom is -0.492 e. The Balaban J connectivity index is 2.24. The molecule has 1 unspecified atom stereocenters. The van der Waals surface area contributed by atoms with Gasteiger partial charge in [0.1, 0.15) is 5.75 Å². The summed E-state index contributed by atoms with van der Waals surface area (Å²) in [6.07, 6.45) is 0.919. The van der Waals surface area contributed by atoms with E-state index in [-0.39, 0.29) is 0 Å². The fraction of sp³-hybridized carbons (Fsp3) is 0.250. The van der Waals surface area contributed by atoms with E-state index in [1.807, 2.05) is 25.1 Å². The van der Waals surface area contributed by atoms with Gasteiger partial charge >= 0.3 is 0 Å². The van der Waals surface area contributed by atoms with Crippen molar-refractivity contribution in [1.82, 2.24) is 0 Å². The molecule has 0 saturated heterocycles. The Morgan fingerprint density at radius 2 is 1.76 bits per heavy atom. The first kappa shape index (κ1) is 15.9. The zero-order chi connectivity index (χ0) is 15.4. The number of hydrogen-bond donors (Lipinski definition) is 1. The van der Waals surface area contributed by atoms with Crippen LogP contribution in [-0.2, 0) is 0 Å². The minimum atomic E-state index is -0.898. The third-order valence-electron chi connectivity index (χ3n) is 3.08. The number of benzene rings is 2. The first-order valence-corrected chi connectivity index (χ1v) is 7.45. The molecule has 112 valence electrons. The minimum absolute atomic E-state index is 0.517. The molecule has 2 aromatic rings. The molecule has 0 bridgehead atoms. The van der Waals surface area contributed by atoms with Gasteiger partial charge in [0.05, 0.1) is 17.1 Å². The molecule has 0 saturated carbocycles. The molecule has 0 aliphatic heterocycles. The normalized spacial score (nSPS) is 12.2. The molecule has 0 radical (unpaired) electrons. The Bertz CT molecular complexity index is 634.